The summed E-state index contributed by atoms with van der Waals surface area (Å²) in [7, 11) is 0. The first-order valence-corrected chi connectivity index (χ1v) is 12.2. The number of nitrogens with two attached hydrogens (primary N) is 3. The molecule has 2 amide bonds. The number of benzene rings is 1. The fourth-order valence-corrected chi connectivity index (χ4v) is 3.96. The van der Waals surface area contributed by atoms with E-state index >= 15 is 0 Å². The van der Waals surface area contributed by atoms with Crippen molar-refractivity contribution in [1.82, 2.24) is 35.2 Å². The lowest BCUT2D eigenvalue weighted by atomic mass is 10.2. The molecule has 4 rings (SSSR count). The fraction of sp³-hybridized carbons (Fsp3) is 0.217. The maximum absolute atomic E-state index is 13.4. The van der Waals surface area contributed by atoms with Crippen LogP contribution in [0.4, 0.5) is 24.7 Å². The Morgan fingerprint density at radius 2 is 1.90 bits per heavy atom. The van der Waals surface area contributed by atoms with Gasteiger partial charge in [0.25, 0.3) is 5.91 Å². The zero-order valence-corrected chi connectivity index (χ0v) is 21.8. The number of carbonyl (C=O) groups excluding carboxylic acids is 2. The number of aromatic amines is 1. The number of H-pyrrole nitrogens is 1. The van der Waals surface area contributed by atoms with Gasteiger partial charge in [0.15, 0.2) is 17.4 Å². The van der Waals surface area contributed by atoms with Gasteiger partial charge < -0.3 is 33.2 Å². The van der Waals surface area contributed by atoms with Crippen LogP contribution >= 0.6 is 11.6 Å². The van der Waals surface area contributed by atoms with Crippen molar-refractivity contribution < 1.29 is 22.8 Å². The smallest absolute Gasteiger partial charge is 0.370 e. The summed E-state index contributed by atoms with van der Waals surface area (Å²) >= 11 is 6.33. The Morgan fingerprint density at radius 1 is 1.15 bits per heavy atom. The maximum Gasteiger partial charge on any atom is 0.433 e. The zero-order chi connectivity index (χ0) is 29.7. The Labute approximate surface area is 234 Å². The summed E-state index contributed by atoms with van der Waals surface area (Å²) in [5.74, 6) is -0.926. The van der Waals surface area contributed by atoms with Gasteiger partial charge in [-0.3, -0.25) is 24.1 Å². The molecule has 1 atom stereocenters. The molecule has 0 radical (unpaired) electrons. The summed E-state index contributed by atoms with van der Waals surface area (Å²) in [5.41, 5.74) is 15.9. The number of hydrogen-bond donors (Lipinski definition) is 7. The van der Waals surface area contributed by atoms with Gasteiger partial charge in [0.2, 0.25) is 5.91 Å². The third-order valence-electron chi connectivity index (χ3n) is 5.62. The van der Waals surface area contributed by atoms with Crippen molar-refractivity contribution in [3.63, 3.8) is 0 Å². The second-order valence-electron chi connectivity index (χ2n) is 8.51. The number of alkyl halides is 3. The van der Waals surface area contributed by atoms with Crippen LogP contribution in [0, 0.1) is 0 Å². The van der Waals surface area contributed by atoms with E-state index in [2.05, 4.69) is 36.0 Å². The predicted octanol–water partition coefficient (Wildman–Crippen LogP) is 0.982. The highest BCUT2D eigenvalue weighted by atomic mass is 35.5. The van der Waals surface area contributed by atoms with Gasteiger partial charge in [-0.15, -0.1) is 0 Å². The Kier molecular flexibility index (Phi) is 8.58. The molecule has 0 spiro atoms. The second kappa shape index (κ2) is 12.1. The number of nitrogens with one attached hydrogen (secondary N) is 4. The van der Waals surface area contributed by atoms with Crippen molar-refractivity contribution in [2.45, 2.75) is 12.2 Å². The quantitative estimate of drug-likeness (QED) is 0.0791. The lowest BCUT2D eigenvalue weighted by Gasteiger charge is -2.12. The summed E-state index contributed by atoms with van der Waals surface area (Å²) in [5, 5.41) is 13.8. The Morgan fingerprint density at radius 3 is 2.61 bits per heavy atom. The molecule has 0 unspecified atom stereocenters. The molecule has 0 saturated heterocycles. The number of amides is 2. The molecule has 4 aromatic rings. The van der Waals surface area contributed by atoms with Crippen molar-refractivity contribution in [2.24, 2.45) is 22.2 Å². The number of rotatable bonds is 10. The molecular formula is C23H24ClF3N12O2. The van der Waals surface area contributed by atoms with Gasteiger partial charge in [-0.1, -0.05) is 11.6 Å². The van der Waals surface area contributed by atoms with E-state index in [-0.39, 0.29) is 58.9 Å². The van der Waals surface area contributed by atoms with Gasteiger partial charge in [-0.2, -0.15) is 18.3 Å². The van der Waals surface area contributed by atoms with Crippen LogP contribution in [0.25, 0.3) is 16.9 Å². The van der Waals surface area contributed by atoms with Gasteiger partial charge in [-0.05, 0) is 18.2 Å². The molecule has 18 heteroatoms. The minimum absolute atomic E-state index is 0.0777. The van der Waals surface area contributed by atoms with E-state index in [0.717, 1.165) is 6.20 Å². The summed E-state index contributed by atoms with van der Waals surface area (Å²) in [6.45, 7) is 0.116. The first-order valence-electron chi connectivity index (χ1n) is 11.8. The van der Waals surface area contributed by atoms with Crippen molar-refractivity contribution in [1.29, 1.82) is 0 Å². The average molecular weight is 593 g/mol. The van der Waals surface area contributed by atoms with Gasteiger partial charge in [0.1, 0.15) is 11.7 Å². The minimum atomic E-state index is -4.63. The molecule has 0 aliphatic rings. The van der Waals surface area contributed by atoms with Crippen molar-refractivity contribution in [3.8, 4) is 11.3 Å². The first kappa shape index (κ1) is 29.1. The maximum atomic E-state index is 13.4. The Balaban J connectivity index is 1.40. The highest BCUT2D eigenvalue weighted by Crippen LogP contribution is 2.36. The van der Waals surface area contributed by atoms with Crippen LogP contribution in [0.1, 0.15) is 16.1 Å². The molecule has 3 heterocycles. The van der Waals surface area contributed by atoms with Crippen LogP contribution in [0.5, 0.6) is 0 Å². The molecule has 3 aromatic heterocycles. The molecule has 41 heavy (non-hydrogen) atoms. The molecule has 216 valence electrons. The van der Waals surface area contributed by atoms with Crippen molar-refractivity contribution in [3.05, 3.63) is 59.3 Å². The van der Waals surface area contributed by atoms with Crippen LogP contribution in [-0.4, -0.2) is 68.0 Å². The number of anilines is 2. The lowest BCUT2D eigenvalue weighted by Crippen LogP contribution is -2.45. The van der Waals surface area contributed by atoms with Gasteiger partial charge in [0.05, 0.1) is 40.8 Å². The third kappa shape index (κ3) is 6.82. The predicted molar refractivity (Wildman–Crippen MR) is 144 cm³/mol. The van der Waals surface area contributed by atoms with Crippen LogP contribution in [0.3, 0.4) is 0 Å². The number of carbonyl (C=O) groups is 2. The van der Waals surface area contributed by atoms with Crippen LogP contribution in [0.15, 0.2) is 48.0 Å². The number of nitrogens with zero attached hydrogens (tertiary/aromatic N) is 5. The van der Waals surface area contributed by atoms with Crippen LogP contribution in [-0.2, 0) is 11.0 Å². The topological polar surface area (TPSA) is 220 Å². The summed E-state index contributed by atoms with van der Waals surface area (Å²) in [6.07, 6.45) is 0.580. The van der Waals surface area contributed by atoms with Gasteiger partial charge in [-0.25, -0.2) is 9.97 Å². The van der Waals surface area contributed by atoms with Crippen molar-refractivity contribution >= 4 is 46.5 Å². The number of fused-ring (bicyclic) bond motifs is 1. The second-order valence-corrected chi connectivity index (χ2v) is 8.92. The number of aliphatic imine (C=N–C) groups is 1. The summed E-state index contributed by atoms with van der Waals surface area (Å²) in [6, 6.07) is 3.58. The highest BCUT2D eigenvalue weighted by Gasteiger charge is 2.36. The Hall–Kier alpha value is -4.90. The van der Waals surface area contributed by atoms with Crippen molar-refractivity contribution in [2.75, 3.05) is 25.0 Å². The zero-order valence-electron chi connectivity index (χ0n) is 21.0. The molecule has 1 aromatic carbocycles. The third-order valence-corrected chi connectivity index (χ3v) is 5.93. The number of hydrogen-bond acceptors (Lipinski definition) is 8. The SMILES string of the molecule is NC(N)=NC[C@H](N)C(=O)NCCNC(=O)c1ccc(Nc2nccn3c(-c4cn[nH]c4C(F)(F)F)cnc23)cc1Cl. The van der Waals surface area contributed by atoms with Crippen LogP contribution < -0.4 is 33.2 Å². The van der Waals surface area contributed by atoms with Gasteiger partial charge >= 0.3 is 6.18 Å². The first-order chi connectivity index (χ1) is 19.5. The highest BCUT2D eigenvalue weighted by molar-refractivity contribution is 6.34. The fourth-order valence-electron chi connectivity index (χ4n) is 3.69. The van der Waals surface area contributed by atoms with Gasteiger partial charge in [0, 0.05) is 31.2 Å². The van der Waals surface area contributed by atoms with E-state index in [0.29, 0.717) is 5.69 Å². The molecule has 0 aliphatic carbocycles. The average Bonchev–Trinajstić information content (AvgIpc) is 3.57. The molecule has 14 nitrogen and oxygen atoms in total. The van der Waals surface area contributed by atoms with E-state index in [1.807, 2.05) is 5.10 Å². The molecule has 0 aliphatic heterocycles. The molecule has 0 bridgehead atoms. The van der Waals surface area contributed by atoms with E-state index in [1.54, 1.807) is 6.07 Å². The monoisotopic (exact) mass is 592 g/mol. The molecule has 0 fully saturated rings. The van der Waals surface area contributed by atoms with E-state index < -0.39 is 29.7 Å². The number of halogens is 4. The summed E-state index contributed by atoms with van der Waals surface area (Å²) < 4.78 is 41.5. The molecular weight excluding hydrogens is 569 g/mol. The van der Waals surface area contributed by atoms with Crippen LogP contribution in [0.2, 0.25) is 5.02 Å². The Bertz CT molecular complexity index is 1600. The minimum Gasteiger partial charge on any atom is -0.370 e. The standard InChI is InChI=1S/C23H24ClF3N12O2/c24-14-7-11(1-2-12(14)20(40)32-3-4-33-21(41)15(28)9-35-22(29)30)37-18-19-34-10-16(39(19)6-5-31-18)13-8-36-38-17(13)23(25,26)27/h1-2,5-8,10,15H,3-4,9,28H2,(H,31,37)(H,32,40)(H,33,41)(H,36,38)(H4,29,30,35)/t15-/m0/s1. The number of guanidine groups is 1. The number of imidazole rings is 1. The van der Waals surface area contributed by atoms with E-state index in [4.69, 9.17) is 28.8 Å². The van der Waals surface area contributed by atoms with E-state index in [9.17, 15) is 22.8 Å². The molecule has 10 N–H and O–H groups in total. The summed E-state index contributed by atoms with van der Waals surface area (Å²) in [4.78, 5) is 36.6. The van der Waals surface area contributed by atoms with E-state index in [1.165, 1.54) is 35.1 Å². The largest absolute Gasteiger partial charge is 0.433 e. The number of aromatic nitrogens is 5. The molecule has 0 saturated carbocycles. The lowest BCUT2D eigenvalue weighted by molar-refractivity contribution is -0.140. The normalized spacial score (nSPS) is 12.1.